The molecule has 7 nitrogen and oxygen atoms in total. The van der Waals surface area contributed by atoms with Crippen LogP contribution in [0, 0.1) is 13.8 Å². The van der Waals surface area contributed by atoms with Gasteiger partial charge in [-0.05, 0) is 43.7 Å². The van der Waals surface area contributed by atoms with Crippen LogP contribution in [0.2, 0.25) is 0 Å². The quantitative estimate of drug-likeness (QED) is 0.415. The number of nitrogens with zero attached hydrogens (tertiary/aromatic N) is 2. The largest absolute Gasteiger partial charge is 0.454 e. The number of hydrogen-bond acceptors (Lipinski definition) is 6. The third-order valence-electron chi connectivity index (χ3n) is 4.25. The summed E-state index contributed by atoms with van der Waals surface area (Å²) in [6.07, 6.45) is 1.86. The van der Waals surface area contributed by atoms with Gasteiger partial charge in [-0.25, -0.2) is 9.48 Å². The Morgan fingerprint density at radius 1 is 1.14 bits per heavy atom. The van der Waals surface area contributed by atoms with Gasteiger partial charge in [0.15, 0.2) is 6.61 Å². The summed E-state index contributed by atoms with van der Waals surface area (Å²) >= 11 is 0. The van der Waals surface area contributed by atoms with Crippen molar-refractivity contribution in [3.05, 3.63) is 59.8 Å². The molecule has 3 aromatic rings. The predicted molar refractivity (Wildman–Crippen MR) is 105 cm³/mol. The van der Waals surface area contributed by atoms with E-state index in [0.29, 0.717) is 22.7 Å². The molecule has 28 heavy (non-hydrogen) atoms. The number of benzene rings is 2. The lowest BCUT2D eigenvalue weighted by molar-refractivity contribution is -0.152. The van der Waals surface area contributed by atoms with Crippen molar-refractivity contribution >= 4 is 17.6 Å². The molecule has 0 unspecified atom stereocenters. The van der Waals surface area contributed by atoms with Gasteiger partial charge in [0.2, 0.25) is 0 Å². The van der Waals surface area contributed by atoms with Crippen LogP contribution in [0.4, 0.5) is 5.69 Å². The summed E-state index contributed by atoms with van der Waals surface area (Å²) in [6.45, 7) is 4.37. The van der Waals surface area contributed by atoms with Crippen molar-refractivity contribution in [1.82, 2.24) is 9.78 Å². The van der Waals surface area contributed by atoms with Crippen LogP contribution in [0.5, 0.6) is 5.75 Å². The van der Waals surface area contributed by atoms with E-state index in [1.54, 1.807) is 11.6 Å². The lowest BCUT2D eigenvalue weighted by Gasteiger charge is -2.15. The molecule has 7 heteroatoms. The smallest absolute Gasteiger partial charge is 0.349 e. The highest BCUT2D eigenvalue weighted by Crippen LogP contribution is 2.36. The zero-order valence-corrected chi connectivity index (χ0v) is 15.9. The van der Waals surface area contributed by atoms with Crippen LogP contribution in [0.25, 0.3) is 16.9 Å². The molecule has 0 radical (unpaired) electrons. The molecule has 0 aliphatic rings. The third-order valence-corrected chi connectivity index (χ3v) is 4.25. The summed E-state index contributed by atoms with van der Waals surface area (Å²) < 4.78 is 11.8. The standard InChI is InChI=1S/C21H21N3O4/c1-13-11-17(18-9-10-24(23-18)16-7-5-4-6-8-16)20(22)14(2)21(13)28-19(26)12-27-15(3)25/h4-11H,12,22H2,1-3H3. The first-order valence-electron chi connectivity index (χ1n) is 8.72. The highest BCUT2D eigenvalue weighted by molar-refractivity contribution is 5.83. The molecule has 0 fully saturated rings. The van der Waals surface area contributed by atoms with Crippen LogP contribution in [0.3, 0.4) is 0 Å². The highest BCUT2D eigenvalue weighted by atomic mass is 16.6. The number of anilines is 1. The zero-order valence-electron chi connectivity index (χ0n) is 15.9. The molecule has 0 atom stereocenters. The van der Waals surface area contributed by atoms with E-state index in [0.717, 1.165) is 16.8 Å². The Hall–Kier alpha value is -3.61. The molecular weight excluding hydrogens is 358 g/mol. The molecular formula is C21H21N3O4. The maximum absolute atomic E-state index is 11.9. The number of rotatable bonds is 5. The van der Waals surface area contributed by atoms with Crippen molar-refractivity contribution in [3.8, 4) is 22.7 Å². The van der Waals surface area contributed by atoms with Gasteiger partial charge < -0.3 is 15.2 Å². The molecule has 0 aliphatic heterocycles. The fourth-order valence-corrected chi connectivity index (χ4v) is 2.84. The maximum atomic E-state index is 11.9. The number of hydrogen-bond donors (Lipinski definition) is 1. The van der Waals surface area contributed by atoms with E-state index in [9.17, 15) is 9.59 Å². The average Bonchev–Trinajstić information content (AvgIpc) is 3.17. The number of carbonyl (C=O) groups is 2. The van der Waals surface area contributed by atoms with Crippen molar-refractivity contribution in [2.45, 2.75) is 20.8 Å². The minimum absolute atomic E-state index is 0.362. The molecule has 0 bridgehead atoms. The van der Waals surface area contributed by atoms with E-state index in [-0.39, 0.29) is 0 Å². The fourth-order valence-electron chi connectivity index (χ4n) is 2.84. The van der Waals surface area contributed by atoms with E-state index in [1.165, 1.54) is 6.92 Å². The van der Waals surface area contributed by atoms with Crippen molar-refractivity contribution in [3.63, 3.8) is 0 Å². The summed E-state index contributed by atoms with van der Waals surface area (Å²) in [5.41, 5.74) is 10.5. The third kappa shape index (κ3) is 4.03. The summed E-state index contributed by atoms with van der Waals surface area (Å²) in [7, 11) is 0. The molecule has 2 aromatic carbocycles. The number of aryl methyl sites for hydroxylation is 1. The first-order valence-corrected chi connectivity index (χ1v) is 8.72. The summed E-state index contributed by atoms with van der Waals surface area (Å²) in [6, 6.07) is 13.5. The van der Waals surface area contributed by atoms with Gasteiger partial charge in [-0.15, -0.1) is 0 Å². The Morgan fingerprint density at radius 3 is 2.54 bits per heavy atom. The van der Waals surface area contributed by atoms with Crippen LogP contribution in [-0.4, -0.2) is 28.3 Å². The molecule has 144 valence electrons. The van der Waals surface area contributed by atoms with E-state index >= 15 is 0 Å². The number of aromatic nitrogens is 2. The van der Waals surface area contributed by atoms with Gasteiger partial charge in [0.1, 0.15) is 5.75 Å². The van der Waals surface area contributed by atoms with Crippen LogP contribution >= 0.6 is 0 Å². The number of carbonyl (C=O) groups excluding carboxylic acids is 2. The van der Waals surface area contributed by atoms with E-state index in [2.05, 4.69) is 9.84 Å². The molecule has 0 aliphatic carbocycles. The lowest BCUT2D eigenvalue weighted by Crippen LogP contribution is -2.18. The normalized spacial score (nSPS) is 10.5. The first kappa shape index (κ1) is 19.2. The van der Waals surface area contributed by atoms with Crippen molar-refractivity contribution < 1.29 is 19.1 Å². The van der Waals surface area contributed by atoms with Gasteiger partial charge in [-0.1, -0.05) is 18.2 Å². The molecule has 0 saturated heterocycles. The van der Waals surface area contributed by atoms with Gasteiger partial charge in [-0.3, -0.25) is 4.79 Å². The fraction of sp³-hybridized carbons (Fsp3) is 0.190. The second-order valence-corrected chi connectivity index (χ2v) is 6.34. The molecule has 3 rings (SSSR count). The van der Waals surface area contributed by atoms with Gasteiger partial charge in [0, 0.05) is 29.9 Å². The van der Waals surface area contributed by atoms with Gasteiger partial charge in [-0.2, -0.15) is 5.10 Å². The molecule has 2 N–H and O–H groups in total. The van der Waals surface area contributed by atoms with Crippen molar-refractivity contribution in [2.24, 2.45) is 0 Å². The van der Waals surface area contributed by atoms with E-state index in [1.807, 2.05) is 55.6 Å². The van der Waals surface area contributed by atoms with E-state index in [4.69, 9.17) is 10.5 Å². The number of esters is 2. The number of para-hydroxylation sites is 1. The Bertz CT molecular complexity index is 1030. The van der Waals surface area contributed by atoms with Gasteiger partial charge in [0.05, 0.1) is 11.4 Å². The Balaban J connectivity index is 1.89. The van der Waals surface area contributed by atoms with E-state index < -0.39 is 18.5 Å². The number of nitrogen functional groups attached to an aromatic ring is 1. The molecule has 0 amide bonds. The van der Waals surface area contributed by atoms with Gasteiger partial charge >= 0.3 is 11.9 Å². The summed E-state index contributed by atoms with van der Waals surface area (Å²) in [5, 5.41) is 4.60. The van der Waals surface area contributed by atoms with Crippen LogP contribution in [-0.2, 0) is 14.3 Å². The van der Waals surface area contributed by atoms with Crippen molar-refractivity contribution in [2.75, 3.05) is 12.3 Å². The lowest BCUT2D eigenvalue weighted by atomic mass is 10.0. The highest BCUT2D eigenvalue weighted by Gasteiger charge is 2.18. The second-order valence-electron chi connectivity index (χ2n) is 6.34. The second kappa shape index (κ2) is 7.96. The summed E-state index contributed by atoms with van der Waals surface area (Å²) in [5.74, 6) is -0.850. The monoisotopic (exact) mass is 379 g/mol. The Kier molecular flexibility index (Phi) is 5.44. The van der Waals surface area contributed by atoms with Crippen LogP contribution in [0.15, 0.2) is 48.7 Å². The molecule has 1 aromatic heterocycles. The Labute approximate surface area is 162 Å². The Morgan fingerprint density at radius 2 is 1.86 bits per heavy atom. The predicted octanol–water partition coefficient (Wildman–Crippen LogP) is 3.21. The first-order chi connectivity index (χ1) is 13.4. The zero-order chi connectivity index (χ0) is 20.3. The number of nitrogens with two attached hydrogens (primary N) is 1. The van der Waals surface area contributed by atoms with Gasteiger partial charge in [0.25, 0.3) is 0 Å². The average molecular weight is 379 g/mol. The summed E-state index contributed by atoms with van der Waals surface area (Å²) in [4.78, 5) is 22.7. The topological polar surface area (TPSA) is 96.4 Å². The van der Waals surface area contributed by atoms with Crippen LogP contribution < -0.4 is 10.5 Å². The van der Waals surface area contributed by atoms with Crippen LogP contribution in [0.1, 0.15) is 18.1 Å². The minimum Gasteiger partial charge on any atom is -0.454 e. The SMILES string of the molecule is CC(=O)OCC(=O)Oc1c(C)cc(-c2ccn(-c3ccccc3)n2)c(N)c1C. The molecule has 0 saturated carbocycles. The molecule has 1 heterocycles. The number of ether oxygens (including phenoxy) is 2. The maximum Gasteiger partial charge on any atom is 0.349 e. The van der Waals surface area contributed by atoms with Crippen molar-refractivity contribution in [1.29, 1.82) is 0 Å². The molecule has 0 spiro atoms. The minimum atomic E-state index is -0.665.